The summed E-state index contributed by atoms with van der Waals surface area (Å²) < 4.78 is 5.28. The van der Waals surface area contributed by atoms with Gasteiger partial charge in [-0.15, -0.1) is 0 Å². The van der Waals surface area contributed by atoms with Crippen molar-refractivity contribution in [2.24, 2.45) is 0 Å². The van der Waals surface area contributed by atoms with Gasteiger partial charge in [-0.1, -0.05) is 12.1 Å². The average Bonchev–Trinajstić information content (AvgIpc) is 2.47. The zero-order valence-corrected chi connectivity index (χ0v) is 11.0. The smallest absolute Gasteiger partial charge is 0.307 e. The van der Waals surface area contributed by atoms with Gasteiger partial charge in [-0.3, -0.25) is 14.9 Å². The van der Waals surface area contributed by atoms with Gasteiger partial charge in [0.2, 0.25) is 5.95 Å². The molecule has 0 atom stereocenters. The highest BCUT2D eigenvalue weighted by atomic mass is 16.5. The molecule has 0 aliphatic rings. The minimum Gasteiger partial charge on any atom is -0.484 e. The molecule has 21 heavy (non-hydrogen) atoms. The van der Waals surface area contributed by atoms with E-state index in [1.807, 2.05) is 0 Å². The highest BCUT2D eigenvalue weighted by Gasteiger charge is 2.05. The van der Waals surface area contributed by atoms with Gasteiger partial charge >= 0.3 is 5.97 Å². The second-order valence-corrected chi connectivity index (χ2v) is 4.12. The number of rotatable bonds is 6. The lowest BCUT2D eigenvalue weighted by molar-refractivity contribution is -0.136. The van der Waals surface area contributed by atoms with Crippen molar-refractivity contribution in [3.63, 3.8) is 0 Å². The number of carbonyl (C=O) groups excluding carboxylic acids is 1. The van der Waals surface area contributed by atoms with E-state index in [0.29, 0.717) is 11.3 Å². The van der Waals surface area contributed by atoms with Crippen molar-refractivity contribution >= 4 is 17.8 Å². The van der Waals surface area contributed by atoms with Crippen molar-refractivity contribution in [1.82, 2.24) is 9.97 Å². The standard InChI is InChI=1S/C14H13N3O4/c18-12(17-14-15-6-1-7-16-14)9-21-11-4-2-10(3-5-11)8-13(19)20/h1-7H,8-9H2,(H,19,20)(H,15,16,17,18). The molecule has 0 spiro atoms. The number of hydrogen-bond acceptors (Lipinski definition) is 5. The molecule has 0 aliphatic heterocycles. The van der Waals surface area contributed by atoms with Crippen LogP contribution in [0.15, 0.2) is 42.7 Å². The van der Waals surface area contributed by atoms with Crippen molar-refractivity contribution in [3.8, 4) is 5.75 Å². The van der Waals surface area contributed by atoms with E-state index in [1.54, 1.807) is 30.3 Å². The Morgan fingerprint density at radius 2 is 1.81 bits per heavy atom. The van der Waals surface area contributed by atoms with E-state index in [-0.39, 0.29) is 24.9 Å². The Labute approximate surface area is 120 Å². The zero-order valence-electron chi connectivity index (χ0n) is 11.0. The van der Waals surface area contributed by atoms with Crippen LogP contribution in [-0.2, 0) is 16.0 Å². The van der Waals surface area contributed by atoms with Crippen molar-refractivity contribution in [1.29, 1.82) is 0 Å². The molecule has 0 aliphatic carbocycles. The molecule has 108 valence electrons. The van der Waals surface area contributed by atoms with Gasteiger partial charge in [0.25, 0.3) is 5.91 Å². The van der Waals surface area contributed by atoms with Crippen molar-refractivity contribution in [3.05, 3.63) is 48.3 Å². The van der Waals surface area contributed by atoms with Gasteiger partial charge in [0.1, 0.15) is 5.75 Å². The van der Waals surface area contributed by atoms with Crippen LogP contribution in [0, 0.1) is 0 Å². The van der Waals surface area contributed by atoms with Crippen LogP contribution in [-0.4, -0.2) is 33.6 Å². The molecule has 1 aromatic carbocycles. The molecule has 1 aromatic heterocycles. The number of aliphatic carboxylic acids is 1. The predicted molar refractivity (Wildman–Crippen MR) is 73.9 cm³/mol. The molecule has 0 radical (unpaired) electrons. The van der Waals surface area contributed by atoms with Crippen LogP contribution in [0.5, 0.6) is 5.75 Å². The van der Waals surface area contributed by atoms with Crippen LogP contribution in [0.4, 0.5) is 5.95 Å². The number of amides is 1. The Bertz CT molecular complexity index is 614. The highest BCUT2D eigenvalue weighted by molar-refractivity contribution is 5.90. The normalized spacial score (nSPS) is 9.90. The fourth-order valence-electron chi connectivity index (χ4n) is 1.55. The number of benzene rings is 1. The molecule has 1 amide bonds. The van der Waals surface area contributed by atoms with Crippen molar-refractivity contribution in [2.45, 2.75) is 6.42 Å². The van der Waals surface area contributed by atoms with Gasteiger partial charge in [0.05, 0.1) is 6.42 Å². The molecule has 0 saturated carbocycles. The zero-order chi connectivity index (χ0) is 15.1. The molecular formula is C14H13N3O4. The number of nitrogens with zero attached hydrogens (tertiary/aromatic N) is 2. The van der Waals surface area contributed by atoms with E-state index in [4.69, 9.17) is 9.84 Å². The summed E-state index contributed by atoms with van der Waals surface area (Å²) in [6.07, 6.45) is 2.99. The molecule has 1 heterocycles. The molecule has 7 nitrogen and oxygen atoms in total. The Morgan fingerprint density at radius 1 is 1.14 bits per heavy atom. The molecule has 0 bridgehead atoms. The summed E-state index contributed by atoms with van der Waals surface area (Å²) in [5.41, 5.74) is 0.664. The molecule has 2 rings (SSSR count). The van der Waals surface area contributed by atoms with Crippen LogP contribution in [0.25, 0.3) is 0 Å². The third-order valence-electron chi connectivity index (χ3n) is 2.47. The van der Waals surface area contributed by atoms with E-state index >= 15 is 0 Å². The van der Waals surface area contributed by atoms with Crippen LogP contribution in [0.2, 0.25) is 0 Å². The molecular weight excluding hydrogens is 274 g/mol. The number of nitrogens with one attached hydrogen (secondary N) is 1. The topological polar surface area (TPSA) is 101 Å². The van der Waals surface area contributed by atoms with Crippen LogP contribution >= 0.6 is 0 Å². The van der Waals surface area contributed by atoms with Gasteiger partial charge in [0.15, 0.2) is 6.61 Å². The Kier molecular flexibility index (Phi) is 4.81. The van der Waals surface area contributed by atoms with E-state index in [2.05, 4.69) is 15.3 Å². The maximum Gasteiger partial charge on any atom is 0.307 e. The Morgan fingerprint density at radius 3 is 2.43 bits per heavy atom. The first kappa shape index (κ1) is 14.4. The second-order valence-electron chi connectivity index (χ2n) is 4.12. The van der Waals surface area contributed by atoms with Crippen molar-refractivity contribution in [2.75, 3.05) is 11.9 Å². The lowest BCUT2D eigenvalue weighted by atomic mass is 10.1. The predicted octanol–water partition coefficient (Wildman–Crippen LogP) is 1.12. The molecule has 0 unspecified atom stereocenters. The van der Waals surface area contributed by atoms with E-state index in [1.165, 1.54) is 12.4 Å². The van der Waals surface area contributed by atoms with Crippen molar-refractivity contribution < 1.29 is 19.4 Å². The Hall–Kier alpha value is -2.96. The minimum atomic E-state index is -0.897. The summed E-state index contributed by atoms with van der Waals surface area (Å²) in [6.45, 7) is -0.184. The maximum atomic E-state index is 11.6. The molecule has 0 saturated heterocycles. The highest BCUT2D eigenvalue weighted by Crippen LogP contribution is 2.12. The number of anilines is 1. The molecule has 2 aromatic rings. The average molecular weight is 287 g/mol. The number of carboxylic acid groups (broad SMARTS) is 1. The number of aromatic nitrogens is 2. The van der Waals surface area contributed by atoms with Gasteiger partial charge in [-0.25, -0.2) is 9.97 Å². The summed E-state index contributed by atoms with van der Waals surface area (Å²) in [5, 5.41) is 11.1. The van der Waals surface area contributed by atoms with Gasteiger partial charge < -0.3 is 9.84 Å². The second kappa shape index (κ2) is 6.99. The SMILES string of the molecule is O=C(O)Cc1ccc(OCC(=O)Nc2ncccn2)cc1. The number of ether oxygens (including phenoxy) is 1. The number of carboxylic acids is 1. The largest absolute Gasteiger partial charge is 0.484 e. The Balaban J connectivity index is 1.82. The lowest BCUT2D eigenvalue weighted by Crippen LogP contribution is -2.21. The monoisotopic (exact) mass is 287 g/mol. The number of carbonyl (C=O) groups is 2. The first-order valence-electron chi connectivity index (χ1n) is 6.14. The van der Waals surface area contributed by atoms with E-state index in [9.17, 15) is 9.59 Å². The molecule has 0 fully saturated rings. The third kappa shape index (κ3) is 4.90. The first-order valence-corrected chi connectivity index (χ1v) is 6.14. The third-order valence-corrected chi connectivity index (χ3v) is 2.47. The van der Waals surface area contributed by atoms with E-state index in [0.717, 1.165) is 0 Å². The van der Waals surface area contributed by atoms with Crippen LogP contribution in [0.3, 0.4) is 0 Å². The minimum absolute atomic E-state index is 0.0495. The summed E-state index contributed by atoms with van der Waals surface area (Å²) in [5.74, 6) is -0.585. The van der Waals surface area contributed by atoms with Gasteiger partial charge in [-0.2, -0.15) is 0 Å². The molecule has 7 heteroatoms. The fraction of sp³-hybridized carbons (Fsp3) is 0.143. The summed E-state index contributed by atoms with van der Waals surface area (Å²) in [6, 6.07) is 8.16. The summed E-state index contributed by atoms with van der Waals surface area (Å²) >= 11 is 0. The fourth-order valence-corrected chi connectivity index (χ4v) is 1.55. The van der Waals surface area contributed by atoms with Crippen LogP contribution in [0.1, 0.15) is 5.56 Å². The van der Waals surface area contributed by atoms with Gasteiger partial charge in [-0.05, 0) is 23.8 Å². The lowest BCUT2D eigenvalue weighted by Gasteiger charge is -2.06. The van der Waals surface area contributed by atoms with Crippen LogP contribution < -0.4 is 10.1 Å². The molecule has 2 N–H and O–H groups in total. The number of hydrogen-bond donors (Lipinski definition) is 2. The first-order chi connectivity index (χ1) is 10.1. The quantitative estimate of drug-likeness (QED) is 0.825. The summed E-state index contributed by atoms with van der Waals surface area (Å²) in [4.78, 5) is 29.9. The van der Waals surface area contributed by atoms with E-state index < -0.39 is 5.97 Å². The van der Waals surface area contributed by atoms with Gasteiger partial charge in [0, 0.05) is 12.4 Å². The summed E-state index contributed by atoms with van der Waals surface area (Å²) in [7, 11) is 0. The maximum absolute atomic E-state index is 11.6.